The fourth-order valence-corrected chi connectivity index (χ4v) is 3.29. The zero-order valence-electron chi connectivity index (χ0n) is 18.0. The van der Waals surface area contributed by atoms with Crippen molar-refractivity contribution in [1.82, 2.24) is 34.6 Å². The fourth-order valence-electron chi connectivity index (χ4n) is 3.29. The molecule has 0 saturated carbocycles. The predicted molar refractivity (Wildman–Crippen MR) is 124 cm³/mol. The lowest BCUT2D eigenvalue weighted by Crippen LogP contribution is -2.32. The normalized spacial score (nSPS) is 10.6. The van der Waals surface area contributed by atoms with E-state index in [1.807, 2.05) is 39.0 Å². The van der Waals surface area contributed by atoms with E-state index < -0.39 is 0 Å². The summed E-state index contributed by atoms with van der Waals surface area (Å²) >= 11 is 0. The van der Waals surface area contributed by atoms with Crippen LogP contribution in [0, 0.1) is 6.92 Å². The number of aromatic nitrogens is 7. The Morgan fingerprint density at radius 1 is 1.06 bits per heavy atom. The monoisotopic (exact) mass is 429 g/mol. The number of benzene rings is 1. The Kier molecular flexibility index (Phi) is 6.02. The van der Waals surface area contributed by atoms with E-state index in [0.717, 1.165) is 11.3 Å². The van der Waals surface area contributed by atoms with Crippen LogP contribution in [0.1, 0.15) is 25.2 Å². The average Bonchev–Trinajstić information content (AvgIpc) is 3.31. The number of H-pyrrole nitrogens is 1. The summed E-state index contributed by atoms with van der Waals surface area (Å²) < 4.78 is 1.45. The van der Waals surface area contributed by atoms with Crippen LogP contribution in [-0.4, -0.2) is 34.6 Å². The molecule has 0 atom stereocenters. The van der Waals surface area contributed by atoms with Crippen LogP contribution in [0.4, 0.5) is 11.5 Å². The molecule has 0 unspecified atom stereocenters. The van der Waals surface area contributed by atoms with E-state index in [4.69, 9.17) is 4.98 Å². The third kappa shape index (κ3) is 3.97. The van der Waals surface area contributed by atoms with Crippen LogP contribution in [0.2, 0.25) is 0 Å². The molecule has 1 aromatic carbocycles. The van der Waals surface area contributed by atoms with Gasteiger partial charge in [-0.15, -0.1) is 0 Å². The van der Waals surface area contributed by atoms with Gasteiger partial charge in [0.25, 0.3) is 5.56 Å². The van der Waals surface area contributed by atoms with Gasteiger partial charge in [0.15, 0.2) is 17.3 Å². The van der Waals surface area contributed by atoms with Crippen molar-refractivity contribution in [3.63, 3.8) is 0 Å². The number of pyridine rings is 1. The summed E-state index contributed by atoms with van der Waals surface area (Å²) in [5, 5.41) is 3.80. The average molecular weight is 429 g/mol. The third-order valence-electron chi connectivity index (χ3n) is 4.73. The molecule has 0 amide bonds. The predicted octanol–water partition coefficient (Wildman–Crippen LogP) is 3.28. The number of fused-ring (bicyclic) bond motifs is 2. The molecule has 0 bridgehead atoms. The van der Waals surface area contributed by atoms with Gasteiger partial charge in [0.2, 0.25) is 0 Å². The first-order valence-electron chi connectivity index (χ1n) is 10.3. The Balaban J connectivity index is 0.00000119. The van der Waals surface area contributed by atoms with E-state index in [1.165, 1.54) is 11.0 Å². The van der Waals surface area contributed by atoms with Crippen molar-refractivity contribution < 1.29 is 0 Å². The highest BCUT2D eigenvalue weighted by Crippen LogP contribution is 2.17. The highest BCUT2D eigenvalue weighted by molar-refractivity contribution is 5.82. The smallest absolute Gasteiger partial charge is 0.280 e. The number of aromatic amines is 1. The number of anilines is 2. The quantitative estimate of drug-likeness (QED) is 0.389. The minimum atomic E-state index is -0.180. The van der Waals surface area contributed by atoms with Gasteiger partial charge < -0.3 is 10.3 Å². The van der Waals surface area contributed by atoms with Crippen LogP contribution < -0.4 is 16.3 Å². The first-order valence-corrected chi connectivity index (χ1v) is 10.3. The molecular weight excluding hydrogens is 406 g/mol. The van der Waals surface area contributed by atoms with E-state index in [9.17, 15) is 4.79 Å². The highest BCUT2D eigenvalue weighted by atomic mass is 16.1. The molecule has 4 heterocycles. The lowest BCUT2D eigenvalue weighted by atomic mass is 10.1. The van der Waals surface area contributed by atoms with Gasteiger partial charge in [-0.25, -0.2) is 24.6 Å². The number of rotatable bonds is 5. The molecule has 0 fully saturated rings. The Labute approximate surface area is 183 Å². The minimum absolute atomic E-state index is 0.180. The van der Waals surface area contributed by atoms with Gasteiger partial charge in [-0.2, -0.15) is 0 Å². The summed E-state index contributed by atoms with van der Waals surface area (Å²) in [5.41, 5.74) is 6.43. The maximum Gasteiger partial charge on any atom is 0.280 e. The summed E-state index contributed by atoms with van der Waals surface area (Å²) in [6.07, 6.45) is 6.30. The van der Waals surface area contributed by atoms with Gasteiger partial charge in [-0.1, -0.05) is 26.0 Å². The van der Waals surface area contributed by atoms with Gasteiger partial charge in [0.1, 0.15) is 11.8 Å². The number of nitrogens with one attached hydrogen (secondary N) is 3. The van der Waals surface area contributed by atoms with Crippen molar-refractivity contribution in [2.75, 3.05) is 10.7 Å². The lowest BCUT2D eigenvalue weighted by molar-refractivity contribution is 0.782. The molecule has 0 spiro atoms. The van der Waals surface area contributed by atoms with Crippen LogP contribution in [0.5, 0.6) is 0 Å². The zero-order valence-corrected chi connectivity index (χ0v) is 18.0. The van der Waals surface area contributed by atoms with E-state index in [1.54, 1.807) is 30.9 Å². The maximum absolute atomic E-state index is 13.3. The molecule has 10 heteroatoms. The Hall–Kier alpha value is -4.34. The Morgan fingerprint density at radius 2 is 1.88 bits per heavy atom. The van der Waals surface area contributed by atoms with E-state index in [0.29, 0.717) is 33.7 Å². The SMILES string of the molecule is CC.Cc1cccc2nc(CNc3ncnc4nc[nH]c34)n(Nc3ccncc3)c(=O)c12. The van der Waals surface area contributed by atoms with Crippen LogP contribution in [-0.2, 0) is 6.54 Å². The largest absolute Gasteiger partial charge is 0.361 e. The maximum atomic E-state index is 13.3. The van der Waals surface area contributed by atoms with Gasteiger partial charge in [-0.05, 0) is 30.7 Å². The van der Waals surface area contributed by atoms with Gasteiger partial charge in [-0.3, -0.25) is 15.2 Å². The summed E-state index contributed by atoms with van der Waals surface area (Å²) in [7, 11) is 0. The number of nitrogens with zero attached hydrogens (tertiary/aromatic N) is 6. The second-order valence-corrected chi connectivity index (χ2v) is 6.66. The summed E-state index contributed by atoms with van der Waals surface area (Å²) in [5.74, 6) is 1.08. The summed E-state index contributed by atoms with van der Waals surface area (Å²) in [6, 6.07) is 9.19. The molecule has 32 heavy (non-hydrogen) atoms. The number of aryl methyl sites for hydroxylation is 1. The van der Waals surface area contributed by atoms with Gasteiger partial charge in [0, 0.05) is 12.4 Å². The van der Waals surface area contributed by atoms with Crippen LogP contribution in [0.3, 0.4) is 0 Å². The summed E-state index contributed by atoms with van der Waals surface area (Å²) in [6.45, 7) is 6.15. The molecule has 0 aliphatic carbocycles. The standard InChI is InChI=1S/C20H17N9O.C2H6/c1-12-3-2-4-14-16(12)20(30)29(28-13-5-7-21-8-6-13)15(27-14)9-22-18-17-19(24-10-23-17)26-11-25-18;1-2/h2-8,10-11H,9H2,1H3,(H,21,28)(H2,22,23,24,25,26);1-2H3. The topological polar surface area (TPSA) is 126 Å². The Bertz CT molecular complexity index is 1410. The highest BCUT2D eigenvalue weighted by Gasteiger charge is 2.14. The summed E-state index contributed by atoms with van der Waals surface area (Å²) in [4.78, 5) is 37.6. The second-order valence-electron chi connectivity index (χ2n) is 6.66. The van der Waals surface area contributed by atoms with E-state index in [-0.39, 0.29) is 12.1 Å². The third-order valence-corrected chi connectivity index (χ3v) is 4.73. The molecule has 0 aliphatic rings. The number of hydrogen-bond acceptors (Lipinski definition) is 8. The van der Waals surface area contributed by atoms with Crippen molar-refractivity contribution >= 4 is 33.6 Å². The first kappa shape index (κ1) is 20.9. The molecule has 0 radical (unpaired) electrons. The van der Waals surface area contributed by atoms with Crippen molar-refractivity contribution in [3.05, 3.63) is 77.1 Å². The number of imidazole rings is 1. The van der Waals surface area contributed by atoms with Crippen molar-refractivity contribution in [2.45, 2.75) is 27.3 Å². The van der Waals surface area contributed by atoms with Crippen LogP contribution in [0.15, 0.2) is 60.2 Å². The molecule has 5 rings (SSSR count). The molecule has 10 nitrogen and oxygen atoms in total. The lowest BCUT2D eigenvalue weighted by Gasteiger charge is -2.16. The van der Waals surface area contributed by atoms with Crippen LogP contribution >= 0.6 is 0 Å². The van der Waals surface area contributed by atoms with Crippen LogP contribution in [0.25, 0.3) is 22.1 Å². The second kappa shape index (κ2) is 9.21. The van der Waals surface area contributed by atoms with Gasteiger partial charge in [0.05, 0.1) is 29.5 Å². The minimum Gasteiger partial charge on any atom is -0.361 e. The molecule has 0 aliphatic heterocycles. The molecular formula is C22H23N9O. The first-order chi connectivity index (χ1) is 15.7. The van der Waals surface area contributed by atoms with Crippen molar-refractivity contribution in [1.29, 1.82) is 0 Å². The Morgan fingerprint density at radius 3 is 2.69 bits per heavy atom. The van der Waals surface area contributed by atoms with Crippen molar-refractivity contribution in [3.8, 4) is 0 Å². The van der Waals surface area contributed by atoms with Crippen molar-refractivity contribution in [2.24, 2.45) is 0 Å². The van der Waals surface area contributed by atoms with Gasteiger partial charge >= 0.3 is 0 Å². The van der Waals surface area contributed by atoms with E-state index >= 15 is 0 Å². The molecule has 0 saturated heterocycles. The molecule has 5 aromatic rings. The molecule has 3 N–H and O–H groups in total. The molecule has 4 aromatic heterocycles. The molecule has 162 valence electrons. The number of hydrogen-bond donors (Lipinski definition) is 3. The zero-order chi connectivity index (χ0) is 22.5. The fraction of sp³-hybridized carbons (Fsp3) is 0.182. The van der Waals surface area contributed by atoms with E-state index in [2.05, 4.69) is 35.7 Å².